The maximum atomic E-state index is 13.3. The molecule has 2 rings (SSSR count). The van der Waals surface area contributed by atoms with Crippen molar-refractivity contribution in [1.82, 2.24) is 10.6 Å². The lowest BCUT2D eigenvalue weighted by atomic mass is 10.1. The summed E-state index contributed by atoms with van der Waals surface area (Å²) in [6, 6.07) is 0.835. The lowest BCUT2D eigenvalue weighted by Gasteiger charge is -2.12. The second kappa shape index (κ2) is 4.75. The number of halogens is 3. The van der Waals surface area contributed by atoms with Gasteiger partial charge >= 0.3 is 0 Å². The highest BCUT2D eigenvalue weighted by atomic mass is 19.1. The molecule has 6 heteroatoms. The first-order chi connectivity index (χ1) is 8.08. The number of rotatable bonds is 2. The quantitative estimate of drug-likeness (QED) is 0.820. The number of nitrogens with one attached hydrogen (secondary N) is 2. The molecule has 0 unspecified atom stereocenters. The third kappa shape index (κ3) is 2.58. The minimum atomic E-state index is -1.19. The Morgan fingerprint density at radius 3 is 2.47 bits per heavy atom. The second-order valence-corrected chi connectivity index (χ2v) is 3.91. The van der Waals surface area contributed by atoms with Gasteiger partial charge in [-0.1, -0.05) is 0 Å². The summed E-state index contributed by atoms with van der Waals surface area (Å²) < 4.78 is 39.2. The molecule has 1 atom stereocenters. The van der Waals surface area contributed by atoms with Crippen LogP contribution in [0.25, 0.3) is 0 Å². The van der Waals surface area contributed by atoms with Crippen molar-refractivity contribution in [2.75, 3.05) is 13.1 Å². The van der Waals surface area contributed by atoms with Crippen molar-refractivity contribution in [3.63, 3.8) is 0 Å². The molecule has 2 N–H and O–H groups in total. The molecule has 0 spiro atoms. The van der Waals surface area contributed by atoms with E-state index in [2.05, 4.69) is 10.6 Å². The first kappa shape index (κ1) is 11.9. The van der Waals surface area contributed by atoms with E-state index >= 15 is 0 Å². The standard InChI is InChI=1S/C11H11F3N2O/c12-6-3-8(13)10(9(14)4-6)11(17)16-7-1-2-15-5-7/h3-4,7,15H,1-2,5H2,(H,16,17)/t7-/m1/s1. The Hall–Kier alpha value is -1.56. The lowest BCUT2D eigenvalue weighted by Crippen LogP contribution is -2.37. The van der Waals surface area contributed by atoms with Gasteiger partial charge in [0.2, 0.25) is 0 Å². The molecular weight excluding hydrogens is 233 g/mol. The van der Waals surface area contributed by atoms with Gasteiger partial charge in [-0.2, -0.15) is 0 Å². The zero-order valence-corrected chi connectivity index (χ0v) is 8.90. The first-order valence-electron chi connectivity index (χ1n) is 5.24. The minimum absolute atomic E-state index is 0.147. The number of carbonyl (C=O) groups is 1. The molecule has 0 radical (unpaired) electrons. The SMILES string of the molecule is O=C(N[C@@H]1CCNC1)c1c(F)cc(F)cc1F. The van der Waals surface area contributed by atoms with Crippen LogP contribution in [0.1, 0.15) is 16.8 Å². The van der Waals surface area contributed by atoms with E-state index in [-0.39, 0.29) is 6.04 Å². The largest absolute Gasteiger partial charge is 0.348 e. The summed E-state index contributed by atoms with van der Waals surface area (Å²) >= 11 is 0. The predicted molar refractivity (Wildman–Crippen MR) is 55.1 cm³/mol. The zero-order chi connectivity index (χ0) is 12.4. The van der Waals surface area contributed by atoms with Crippen LogP contribution in [0.15, 0.2) is 12.1 Å². The van der Waals surface area contributed by atoms with Gasteiger partial charge in [0.1, 0.15) is 23.0 Å². The molecule has 17 heavy (non-hydrogen) atoms. The van der Waals surface area contributed by atoms with E-state index in [0.717, 1.165) is 6.54 Å². The van der Waals surface area contributed by atoms with Gasteiger partial charge in [-0.05, 0) is 13.0 Å². The number of amides is 1. The van der Waals surface area contributed by atoms with Crippen molar-refractivity contribution in [3.8, 4) is 0 Å². The smallest absolute Gasteiger partial charge is 0.257 e. The average molecular weight is 244 g/mol. The van der Waals surface area contributed by atoms with Crippen molar-refractivity contribution in [3.05, 3.63) is 35.1 Å². The molecule has 1 aromatic rings. The second-order valence-electron chi connectivity index (χ2n) is 3.91. The summed E-state index contributed by atoms with van der Waals surface area (Å²) in [5, 5.41) is 5.50. The lowest BCUT2D eigenvalue weighted by molar-refractivity contribution is 0.0931. The average Bonchev–Trinajstić information content (AvgIpc) is 2.68. The Balaban J connectivity index is 2.18. The van der Waals surface area contributed by atoms with Gasteiger partial charge in [-0.25, -0.2) is 13.2 Å². The molecule has 0 aromatic heterocycles. The first-order valence-corrected chi connectivity index (χ1v) is 5.24. The molecule has 1 aliphatic heterocycles. The molecule has 0 bridgehead atoms. The molecular formula is C11H11F3N2O. The predicted octanol–water partition coefficient (Wildman–Crippen LogP) is 1.20. The molecule has 0 saturated carbocycles. The number of hydrogen-bond acceptors (Lipinski definition) is 2. The van der Waals surface area contributed by atoms with Crippen molar-refractivity contribution in [2.24, 2.45) is 0 Å². The van der Waals surface area contributed by atoms with Gasteiger partial charge < -0.3 is 10.6 Å². The van der Waals surface area contributed by atoms with Crippen molar-refractivity contribution in [1.29, 1.82) is 0 Å². The number of benzene rings is 1. The Morgan fingerprint density at radius 1 is 1.29 bits per heavy atom. The molecule has 1 amide bonds. The highest BCUT2D eigenvalue weighted by molar-refractivity contribution is 5.95. The Bertz CT molecular complexity index is 421. The fraction of sp³-hybridized carbons (Fsp3) is 0.364. The van der Waals surface area contributed by atoms with Crippen LogP contribution in [0.4, 0.5) is 13.2 Å². The maximum absolute atomic E-state index is 13.3. The Kier molecular flexibility index (Phi) is 3.33. The minimum Gasteiger partial charge on any atom is -0.348 e. The van der Waals surface area contributed by atoms with Gasteiger partial charge in [0.05, 0.1) is 0 Å². The fourth-order valence-electron chi connectivity index (χ4n) is 1.79. The molecule has 3 nitrogen and oxygen atoms in total. The van der Waals surface area contributed by atoms with Crippen LogP contribution >= 0.6 is 0 Å². The molecule has 0 aliphatic carbocycles. The molecule has 1 aromatic carbocycles. The highest BCUT2D eigenvalue weighted by Gasteiger charge is 2.23. The maximum Gasteiger partial charge on any atom is 0.257 e. The molecule has 1 heterocycles. The Labute approximate surface area is 96.0 Å². The van der Waals surface area contributed by atoms with Gasteiger partial charge in [0, 0.05) is 24.7 Å². The van der Waals surface area contributed by atoms with Crippen LogP contribution < -0.4 is 10.6 Å². The van der Waals surface area contributed by atoms with E-state index in [1.807, 2.05) is 0 Å². The summed E-state index contributed by atoms with van der Waals surface area (Å²) in [6.07, 6.45) is 0.705. The summed E-state index contributed by atoms with van der Waals surface area (Å²) in [6.45, 7) is 1.31. The Morgan fingerprint density at radius 2 is 1.94 bits per heavy atom. The van der Waals surface area contributed by atoms with E-state index in [0.29, 0.717) is 25.1 Å². The van der Waals surface area contributed by atoms with Crippen LogP contribution in [0.3, 0.4) is 0 Å². The van der Waals surface area contributed by atoms with E-state index in [1.165, 1.54) is 0 Å². The van der Waals surface area contributed by atoms with Crippen molar-refractivity contribution >= 4 is 5.91 Å². The van der Waals surface area contributed by atoms with Gasteiger partial charge in [0.15, 0.2) is 0 Å². The van der Waals surface area contributed by atoms with Gasteiger partial charge in [0.25, 0.3) is 5.91 Å². The van der Waals surface area contributed by atoms with Crippen molar-refractivity contribution < 1.29 is 18.0 Å². The highest BCUT2D eigenvalue weighted by Crippen LogP contribution is 2.15. The third-order valence-corrected chi connectivity index (χ3v) is 2.63. The molecule has 1 aliphatic rings. The van der Waals surface area contributed by atoms with Crippen LogP contribution in [-0.2, 0) is 0 Å². The molecule has 1 saturated heterocycles. The third-order valence-electron chi connectivity index (χ3n) is 2.63. The summed E-state index contributed by atoms with van der Waals surface area (Å²) in [5.74, 6) is -4.27. The zero-order valence-electron chi connectivity index (χ0n) is 8.90. The fourth-order valence-corrected chi connectivity index (χ4v) is 1.79. The van der Waals surface area contributed by atoms with E-state index in [4.69, 9.17) is 0 Å². The van der Waals surface area contributed by atoms with Crippen LogP contribution in [0.2, 0.25) is 0 Å². The van der Waals surface area contributed by atoms with Gasteiger partial charge in [-0.3, -0.25) is 4.79 Å². The topological polar surface area (TPSA) is 41.1 Å². The normalized spacial score (nSPS) is 19.4. The number of carbonyl (C=O) groups excluding carboxylic acids is 1. The van der Waals surface area contributed by atoms with E-state index in [1.54, 1.807) is 0 Å². The van der Waals surface area contributed by atoms with Crippen molar-refractivity contribution in [2.45, 2.75) is 12.5 Å². The van der Waals surface area contributed by atoms with Gasteiger partial charge in [-0.15, -0.1) is 0 Å². The molecule has 92 valence electrons. The van der Waals surface area contributed by atoms with E-state index < -0.39 is 28.9 Å². The summed E-state index contributed by atoms with van der Waals surface area (Å²) in [7, 11) is 0. The number of hydrogen-bond donors (Lipinski definition) is 2. The van der Waals surface area contributed by atoms with Crippen LogP contribution in [0, 0.1) is 17.5 Å². The van der Waals surface area contributed by atoms with Crippen LogP contribution in [-0.4, -0.2) is 25.0 Å². The molecule has 1 fully saturated rings. The summed E-state index contributed by atoms with van der Waals surface area (Å²) in [4.78, 5) is 11.6. The summed E-state index contributed by atoms with van der Waals surface area (Å²) in [5.41, 5.74) is -0.738. The van der Waals surface area contributed by atoms with E-state index in [9.17, 15) is 18.0 Å². The monoisotopic (exact) mass is 244 g/mol. The van der Waals surface area contributed by atoms with Crippen LogP contribution in [0.5, 0.6) is 0 Å².